The van der Waals surface area contributed by atoms with Crippen LogP contribution in [0.5, 0.6) is 0 Å². The number of ether oxygens (including phenoxy) is 1. The Hall–Kier alpha value is -1.52. The van der Waals surface area contributed by atoms with Crippen LogP contribution in [0.2, 0.25) is 5.82 Å². The van der Waals surface area contributed by atoms with Crippen molar-refractivity contribution < 1.29 is 19.4 Å². The predicted octanol–water partition coefficient (Wildman–Crippen LogP) is 1.34. The summed E-state index contributed by atoms with van der Waals surface area (Å²) in [7, 11) is 1.59. The van der Waals surface area contributed by atoms with Crippen LogP contribution in [0, 0.1) is 5.92 Å². The van der Waals surface area contributed by atoms with E-state index in [2.05, 4.69) is 19.1 Å². The summed E-state index contributed by atoms with van der Waals surface area (Å²) in [5, 5.41) is 8.69. The SMILES string of the molecule is B[C@@H](CCC(=O)OCC1=CC(C)CC=C1)C(=O)O. The molecule has 0 radical (unpaired) electrons. The lowest BCUT2D eigenvalue weighted by molar-refractivity contribution is -0.143. The largest absolute Gasteiger partial charge is 0.482 e. The molecule has 1 aliphatic rings. The third-order valence-electron chi connectivity index (χ3n) is 2.94. The Balaban J connectivity index is 2.25. The zero-order valence-corrected chi connectivity index (χ0v) is 10.9. The first-order chi connectivity index (χ1) is 8.49. The molecule has 0 saturated heterocycles. The van der Waals surface area contributed by atoms with Crippen LogP contribution in [0.4, 0.5) is 0 Å². The first kappa shape index (κ1) is 14.5. The number of esters is 1. The average Bonchev–Trinajstić information content (AvgIpc) is 2.33. The number of carboxylic acids is 1. The smallest absolute Gasteiger partial charge is 0.306 e. The summed E-state index contributed by atoms with van der Waals surface area (Å²) in [5.74, 6) is -1.24. The van der Waals surface area contributed by atoms with Crippen LogP contribution in [0.15, 0.2) is 23.8 Å². The van der Waals surface area contributed by atoms with Gasteiger partial charge in [0.25, 0.3) is 5.97 Å². The maximum atomic E-state index is 11.4. The van der Waals surface area contributed by atoms with Crippen molar-refractivity contribution in [2.24, 2.45) is 5.92 Å². The van der Waals surface area contributed by atoms with Crippen molar-refractivity contribution in [2.75, 3.05) is 6.61 Å². The van der Waals surface area contributed by atoms with E-state index in [9.17, 15) is 9.59 Å². The molecule has 98 valence electrons. The number of carboxylic acid groups (broad SMARTS) is 1. The monoisotopic (exact) mass is 250 g/mol. The summed E-state index contributed by atoms with van der Waals surface area (Å²) in [6, 6.07) is 0. The molecule has 0 aliphatic heterocycles. The molecular formula is C13H19BO4. The van der Waals surface area contributed by atoms with Gasteiger partial charge in [0.1, 0.15) is 14.5 Å². The first-order valence-corrected chi connectivity index (χ1v) is 6.24. The lowest BCUT2D eigenvalue weighted by Gasteiger charge is -2.12. The summed E-state index contributed by atoms with van der Waals surface area (Å²) >= 11 is 0. The van der Waals surface area contributed by atoms with Gasteiger partial charge in [0.2, 0.25) is 0 Å². The number of carbonyl (C=O) groups is 2. The van der Waals surface area contributed by atoms with Gasteiger partial charge in [-0.05, 0) is 24.3 Å². The third kappa shape index (κ3) is 5.21. The minimum Gasteiger partial charge on any atom is -0.482 e. The summed E-state index contributed by atoms with van der Waals surface area (Å²) in [6.07, 6.45) is 7.62. The first-order valence-electron chi connectivity index (χ1n) is 6.24. The summed E-state index contributed by atoms with van der Waals surface area (Å²) in [4.78, 5) is 22.0. The van der Waals surface area contributed by atoms with E-state index < -0.39 is 11.8 Å². The van der Waals surface area contributed by atoms with E-state index in [1.807, 2.05) is 6.08 Å². The lowest BCUT2D eigenvalue weighted by Crippen LogP contribution is -2.12. The van der Waals surface area contributed by atoms with Crippen LogP contribution < -0.4 is 0 Å². The second-order valence-corrected chi connectivity index (χ2v) is 4.80. The second kappa shape index (κ2) is 7.04. The predicted molar refractivity (Wildman–Crippen MR) is 71.1 cm³/mol. The highest BCUT2D eigenvalue weighted by Crippen LogP contribution is 2.16. The summed E-state index contributed by atoms with van der Waals surface area (Å²) in [5.41, 5.74) is 1.01. The van der Waals surface area contributed by atoms with Crippen molar-refractivity contribution in [1.82, 2.24) is 0 Å². The van der Waals surface area contributed by atoms with Crippen molar-refractivity contribution in [3.8, 4) is 0 Å². The van der Waals surface area contributed by atoms with Gasteiger partial charge in [-0.15, -0.1) is 0 Å². The van der Waals surface area contributed by atoms with Crippen LogP contribution >= 0.6 is 0 Å². The van der Waals surface area contributed by atoms with Gasteiger partial charge < -0.3 is 9.84 Å². The Labute approximate surface area is 108 Å². The fourth-order valence-corrected chi connectivity index (χ4v) is 1.71. The van der Waals surface area contributed by atoms with E-state index in [1.54, 1.807) is 7.85 Å². The van der Waals surface area contributed by atoms with E-state index in [1.165, 1.54) is 0 Å². The molecule has 0 spiro atoms. The molecule has 0 amide bonds. The number of hydrogen-bond acceptors (Lipinski definition) is 3. The fourth-order valence-electron chi connectivity index (χ4n) is 1.71. The summed E-state index contributed by atoms with van der Waals surface area (Å²) < 4.78 is 5.11. The van der Waals surface area contributed by atoms with Crippen LogP contribution in [0.25, 0.3) is 0 Å². The maximum Gasteiger partial charge on any atom is 0.306 e. The highest BCUT2D eigenvalue weighted by molar-refractivity contribution is 6.22. The topological polar surface area (TPSA) is 63.6 Å². The quantitative estimate of drug-likeness (QED) is 0.570. The summed E-state index contributed by atoms with van der Waals surface area (Å²) in [6.45, 7) is 2.39. The van der Waals surface area contributed by atoms with Gasteiger partial charge in [-0.2, -0.15) is 0 Å². The zero-order chi connectivity index (χ0) is 13.5. The second-order valence-electron chi connectivity index (χ2n) is 4.80. The van der Waals surface area contributed by atoms with Gasteiger partial charge in [0, 0.05) is 12.2 Å². The Kier molecular flexibility index (Phi) is 5.69. The van der Waals surface area contributed by atoms with Gasteiger partial charge >= 0.3 is 5.97 Å². The molecule has 2 atom stereocenters. The van der Waals surface area contributed by atoms with E-state index in [4.69, 9.17) is 9.84 Å². The van der Waals surface area contributed by atoms with Crippen LogP contribution in [0.3, 0.4) is 0 Å². The molecule has 1 rings (SSSR count). The average molecular weight is 250 g/mol. The molecule has 0 heterocycles. The van der Waals surface area contributed by atoms with Crippen molar-refractivity contribution in [3.05, 3.63) is 23.8 Å². The number of aliphatic carboxylic acids is 1. The Morgan fingerprint density at radius 2 is 2.33 bits per heavy atom. The number of carbonyl (C=O) groups excluding carboxylic acids is 1. The lowest BCUT2D eigenvalue weighted by atomic mass is 9.84. The zero-order valence-electron chi connectivity index (χ0n) is 10.9. The molecule has 0 aromatic carbocycles. The van der Waals surface area contributed by atoms with Gasteiger partial charge in [-0.3, -0.25) is 9.59 Å². The molecule has 1 aliphatic carbocycles. The molecule has 5 heteroatoms. The van der Waals surface area contributed by atoms with Crippen molar-refractivity contribution in [3.63, 3.8) is 0 Å². The Morgan fingerprint density at radius 1 is 1.61 bits per heavy atom. The molecule has 0 fully saturated rings. The Bertz CT molecular complexity index is 373. The van der Waals surface area contributed by atoms with Gasteiger partial charge in [-0.1, -0.05) is 25.2 Å². The van der Waals surface area contributed by atoms with Crippen molar-refractivity contribution >= 4 is 19.8 Å². The number of rotatable bonds is 6. The minimum atomic E-state index is -0.880. The molecule has 0 aromatic heterocycles. The number of hydrogen-bond donors (Lipinski definition) is 1. The molecule has 0 bridgehead atoms. The molecule has 1 N–H and O–H groups in total. The molecule has 4 nitrogen and oxygen atoms in total. The van der Waals surface area contributed by atoms with Crippen molar-refractivity contribution in [1.29, 1.82) is 0 Å². The van der Waals surface area contributed by atoms with Crippen LogP contribution in [-0.4, -0.2) is 31.5 Å². The molecule has 0 saturated carbocycles. The minimum absolute atomic E-state index is 0.153. The molecule has 0 aromatic rings. The van der Waals surface area contributed by atoms with Crippen LogP contribution in [-0.2, 0) is 14.3 Å². The van der Waals surface area contributed by atoms with Gasteiger partial charge in [0.15, 0.2) is 0 Å². The molecule has 1 unspecified atom stereocenters. The standard InChI is InChI=1S/C13H19BO4/c1-9-3-2-4-10(7-9)8-18-12(15)6-5-11(14)13(16)17/h2,4,7,9,11H,3,5-6,8,14H2,1H3,(H,16,17)/t9?,11-/m0/s1. The van der Waals surface area contributed by atoms with Gasteiger partial charge in [0.05, 0.1) is 0 Å². The van der Waals surface area contributed by atoms with E-state index in [0.29, 0.717) is 12.3 Å². The highest BCUT2D eigenvalue weighted by Gasteiger charge is 2.14. The fraction of sp³-hybridized carbons (Fsp3) is 0.538. The van der Waals surface area contributed by atoms with Crippen molar-refractivity contribution in [2.45, 2.75) is 32.0 Å². The van der Waals surface area contributed by atoms with E-state index in [0.717, 1.165) is 12.0 Å². The third-order valence-corrected chi connectivity index (χ3v) is 2.94. The van der Waals surface area contributed by atoms with E-state index in [-0.39, 0.29) is 19.0 Å². The normalized spacial score (nSPS) is 20.1. The van der Waals surface area contributed by atoms with Crippen LogP contribution in [0.1, 0.15) is 26.2 Å². The number of allylic oxidation sites excluding steroid dienone is 2. The molecule has 18 heavy (non-hydrogen) atoms. The maximum absolute atomic E-state index is 11.4. The van der Waals surface area contributed by atoms with Gasteiger partial charge in [-0.25, -0.2) is 0 Å². The Morgan fingerprint density at radius 3 is 2.94 bits per heavy atom. The molecular weight excluding hydrogens is 231 g/mol. The van der Waals surface area contributed by atoms with E-state index >= 15 is 0 Å². The highest BCUT2D eigenvalue weighted by atomic mass is 16.5.